The Morgan fingerprint density at radius 3 is 2.02 bits per heavy atom. The van der Waals surface area contributed by atoms with Gasteiger partial charge in [0.1, 0.15) is 6.04 Å². The first-order valence-electron chi connectivity index (χ1n) is 15.5. The maximum absolute atomic E-state index is 13.3. The third-order valence-electron chi connectivity index (χ3n) is 7.56. The van der Waals surface area contributed by atoms with Gasteiger partial charge in [-0.3, -0.25) is 18.7 Å². The molecular formula is C35H46N4O6S. The Kier molecular flexibility index (Phi) is 13.3. The summed E-state index contributed by atoms with van der Waals surface area (Å²) >= 11 is 0. The molecule has 11 heteroatoms. The highest BCUT2D eigenvalue weighted by molar-refractivity contribution is 7.92. The highest BCUT2D eigenvalue weighted by atomic mass is 32.2. The molecule has 46 heavy (non-hydrogen) atoms. The molecule has 0 saturated carbocycles. The summed E-state index contributed by atoms with van der Waals surface area (Å²) in [5.74, 6) is -1.68. The average Bonchev–Trinajstić information content (AvgIpc) is 3.02. The van der Waals surface area contributed by atoms with E-state index >= 15 is 0 Å². The number of sulfonamides is 1. The number of hydrogen-bond donors (Lipinski definition) is 4. The number of amides is 3. The molecule has 4 N–H and O–H groups in total. The van der Waals surface area contributed by atoms with Crippen molar-refractivity contribution in [2.75, 3.05) is 11.4 Å². The standard InChI is InChI=1S/C35H46N4O6S/c1-24(2)19-30(31(40)21-32(41)38-33(25(3)4)35(43)36-22-26-13-8-6-9-14-26)37-34(42)28-17-12-18-29(20-28)39(5)46(44,45)23-27-15-10-7-11-16-27/h6-18,20,24-25,30-31,33,40H,19,21-23H2,1-5H3,(H,36,43)(H,37,42)(H,38,41)/t30-,31+,33-/m0/s1. The van der Waals surface area contributed by atoms with Crippen LogP contribution >= 0.6 is 0 Å². The fraction of sp³-hybridized carbons (Fsp3) is 0.400. The van der Waals surface area contributed by atoms with Crippen LogP contribution in [-0.2, 0) is 31.9 Å². The average molecular weight is 651 g/mol. The smallest absolute Gasteiger partial charge is 0.251 e. The summed E-state index contributed by atoms with van der Waals surface area (Å²) < 4.78 is 27.3. The predicted octanol–water partition coefficient (Wildman–Crippen LogP) is 4.01. The van der Waals surface area contributed by atoms with Crippen LogP contribution in [0.4, 0.5) is 5.69 Å². The van der Waals surface area contributed by atoms with Crippen molar-refractivity contribution < 1.29 is 27.9 Å². The predicted molar refractivity (Wildman–Crippen MR) is 180 cm³/mol. The Balaban J connectivity index is 1.65. The van der Waals surface area contributed by atoms with E-state index in [1.807, 2.05) is 64.1 Å². The van der Waals surface area contributed by atoms with E-state index < -0.39 is 40.0 Å². The van der Waals surface area contributed by atoms with E-state index in [1.165, 1.54) is 13.1 Å². The van der Waals surface area contributed by atoms with Crippen molar-refractivity contribution in [1.29, 1.82) is 0 Å². The molecule has 0 unspecified atom stereocenters. The van der Waals surface area contributed by atoms with Gasteiger partial charge in [0.05, 0.1) is 30.0 Å². The molecule has 10 nitrogen and oxygen atoms in total. The van der Waals surface area contributed by atoms with Gasteiger partial charge >= 0.3 is 0 Å². The van der Waals surface area contributed by atoms with E-state index in [0.29, 0.717) is 24.2 Å². The summed E-state index contributed by atoms with van der Waals surface area (Å²) in [6.07, 6.45) is -1.17. The minimum absolute atomic E-state index is 0.0794. The van der Waals surface area contributed by atoms with Crippen molar-refractivity contribution in [2.45, 2.75) is 71.0 Å². The molecule has 0 fully saturated rings. The minimum Gasteiger partial charge on any atom is -0.390 e. The first-order valence-corrected chi connectivity index (χ1v) is 17.1. The van der Waals surface area contributed by atoms with Crippen molar-refractivity contribution in [2.24, 2.45) is 11.8 Å². The van der Waals surface area contributed by atoms with Crippen LogP contribution in [0, 0.1) is 11.8 Å². The Bertz CT molecular complexity index is 1550. The molecule has 3 atom stereocenters. The number of aliphatic hydroxyl groups is 1. The van der Waals surface area contributed by atoms with Gasteiger partial charge < -0.3 is 21.1 Å². The van der Waals surface area contributed by atoms with Crippen LogP contribution in [0.3, 0.4) is 0 Å². The number of nitrogens with zero attached hydrogens (tertiary/aromatic N) is 1. The lowest BCUT2D eigenvalue weighted by molar-refractivity contribution is -0.131. The molecule has 3 rings (SSSR count). The van der Waals surface area contributed by atoms with Crippen molar-refractivity contribution in [1.82, 2.24) is 16.0 Å². The van der Waals surface area contributed by atoms with Crippen molar-refractivity contribution in [3.05, 3.63) is 102 Å². The van der Waals surface area contributed by atoms with Crippen LogP contribution in [0.25, 0.3) is 0 Å². The van der Waals surface area contributed by atoms with Crippen molar-refractivity contribution in [3.8, 4) is 0 Å². The number of rotatable bonds is 16. The minimum atomic E-state index is -3.73. The second-order valence-electron chi connectivity index (χ2n) is 12.2. The molecular weight excluding hydrogens is 604 g/mol. The highest BCUT2D eigenvalue weighted by Gasteiger charge is 2.29. The van der Waals surface area contributed by atoms with Gasteiger partial charge in [-0.1, -0.05) is 94.4 Å². The zero-order valence-electron chi connectivity index (χ0n) is 27.1. The summed E-state index contributed by atoms with van der Waals surface area (Å²) in [5.41, 5.74) is 2.09. The van der Waals surface area contributed by atoms with Gasteiger partial charge in [0.25, 0.3) is 5.91 Å². The molecule has 0 aromatic heterocycles. The van der Waals surface area contributed by atoms with Gasteiger partial charge in [-0.05, 0) is 47.6 Å². The maximum atomic E-state index is 13.3. The van der Waals surface area contributed by atoms with E-state index in [0.717, 1.165) is 9.87 Å². The van der Waals surface area contributed by atoms with Crippen LogP contribution in [0.1, 0.15) is 62.0 Å². The van der Waals surface area contributed by atoms with Gasteiger partial charge in [-0.15, -0.1) is 0 Å². The number of carbonyl (C=O) groups excluding carboxylic acids is 3. The largest absolute Gasteiger partial charge is 0.390 e. The summed E-state index contributed by atoms with van der Waals surface area (Å²) in [6, 6.07) is 22.9. The zero-order chi connectivity index (χ0) is 33.9. The zero-order valence-corrected chi connectivity index (χ0v) is 28.0. The van der Waals surface area contributed by atoms with Gasteiger partial charge in [-0.2, -0.15) is 0 Å². The Hall–Kier alpha value is -4.22. The van der Waals surface area contributed by atoms with Crippen LogP contribution in [-0.4, -0.2) is 56.5 Å². The van der Waals surface area contributed by atoms with Crippen LogP contribution < -0.4 is 20.3 Å². The molecule has 248 valence electrons. The van der Waals surface area contributed by atoms with E-state index in [2.05, 4.69) is 16.0 Å². The summed E-state index contributed by atoms with van der Waals surface area (Å²) in [5, 5.41) is 19.5. The summed E-state index contributed by atoms with van der Waals surface area (Å²) in [7, 11) is -2.29. The van der Waals surface area contributed by atoms with Gasteiger partial charge in [0, 0.05) is 19.2 Å². The molecule has 3 aromatic rings. The topological polar surface area (TPSA) is 145 Å². The van der Waals surface area contributed by atoms with Gasteiger partial charge in [0.2, 0.25) is 21.8 Å². The third kappa shape index (κ3) is 11.0. The van der Waals surface area contributed by atoms with Crippen LogP contribution in [0.5, 0.6) is 0 Å². The van der Waals surface area contributed by atoms with Gasteiger partial charge in [0.15, 0.2) is 0 Å². The fourth-order valence-electron chi connectivity index (χ4n) is 4.95. The van der Waals surface area contributed by atoms with E-state index in [9.17, 15) is 27.9 Å². The molecule has 0 saturated heterocycles. The molecule has 0 heterocycles. The summed E-state index contributed by atoms with van der Waals surface area (Å²) in [4.78, 5) is 39.3. The number of hydrogen-bond acceptors (Lipinski definition) is 6. The first kappa shape index (κ1) is 36.3. The van der Waals surface area contributed by atoms with Crippen LogP contribution in [0.2, 0.25) is 0 Å². The Morgan fingerprint density at radius 1 is 0.826 bits per heavy atom. The second-order valence-corrected chi connectivity index (χ2v) is 14.2. The fourth-order valence-corrected chi connectivity index (χ4v) is 6.19. The van der Waals surface area contributed by atoms with Crippen molar-refractivity contribution >= 4 is 33.4 Å². The number of nitrogens with one attached hydrogen (secondary N) is 3. The molecule has 0 aliphatic rings. The monoisotopic (exact) mass is 650 g/mol. The molecule has 0 aliphatic heterocycles. The molecule has 0 radical (unpaired) electrons. The molecule has 0 spiro atoms. The third-order valence-corrected chi connectivity index (χ3v) is 9.30. The highest BCUT2D eigenvalue weighted by Crippen LogP contribution is 2.21. The van der Waals surface area contributed by atoms with E-state index in [4.69, 9.17) is 0 Å². The number of anilines is 1. The normalized spacial score (nSPS) is 13.5. The second kappa shape index (κ2) is 16.9. The van der Waals surface area contributed by atoms with E-state index in [-0.39, 0.29) is 35.5 Å². The number of aliphatic hydroxyl groups excluding tert-OH is 1. The lowest BCUT2D eigenvalue weighted by Crippen LogP contribution is -2.51. The quantitative estimate of drug-likeness (QED) is 0.185. The lowest BCUT2D eigenvalue weighted by atomic mass is 9.96. The molecule has 3 aromatic carbocycles. The Morgan fingerprint density at radius 2 is 1.43 bits per heavy atom. The SMILES string of the molecule is CC(C)C[C@H](NC(=O)c1cccc(N(C)S(=O)(=O)Cc2ccccc2)c1)[C@H](O)CC(=O)N[C@H](C(=O)NCc1ccccc1)C(C)C. The van der Waals surface area contributed by atoms with Crippen molar-refractivity contribution in [3.63, 3.8) is 0 Å². The molecule has 3 amide bonds. The maximum Gasteiger partial charge on any atom is 0.251 e. The first-order chi connectivity index (χ1) is 21.8. The van der Waals surface area contributed by atoms with Crippen LogP contribution in [0.15, 0.2) is 84.9 Å². The molecule has 0 aliphatic carbocycles. The Labute approximate surface area is 272 Å². The molecule has 0 bridgehead atoms. The summed E-state index contributed by atoms with van der Waals surface area (Å²) in [6.45, 7) is 7.84. The lowest BCUT2D eigenvalue weighted by Gasteiger charge is -2.27. The number of carbonyl (C=O) groups is 3. The van der Waals surface area contributed by atoms with E-state index in [1.54, 1.807) is 42.5 Å². The van der Waals surface area contributed by atoms with Gasteiger partial charge in [-0.25, -0.2) is 8.42 Å². The number of benzene rings is 3.